The number of anilines is 1. The number of benzene rings is 2. The molecule has 6 nitrogen and oxygen atoms in total. The zero-order valence-electron chi connectivity index (χ0n) is 15.6. The molecule has 1 amide bonds. The normalized spacial score (nSPS) is 12.0. The zero-order valence-corrected chi connectivity index (χ0v) is 16.4. The molecular formula is C19H13ClF5N5O. The fourth-order valence-corrected chi connectivity index (χ4v) is 2.68. The number of aliphatic imine (C=N–C) groups is 1. The van der Waals surface area contributed by atoms with Crippen LogP contribution >= 0.6 is 11.6 Å². The quantitative estimate of drug-likeness (QED) is 0.287. The van der Waals surface area contributed by atoms with Crippen LogP contribution in [-0.2, 0) is 6.18 Å². The SMILES string of the molecule is Cc1c(N=C(NC(=O)c2ccc(F)c(F)c2)Nc2cccc(Cl)c2)n[nH]c1C(F)(F)F. The molecule has 0 aliphatic rings. The van der Waals surface area contributed by atoms with Crippen LogP contribution in [0, 0.1) is 18.6 Å². The highest BCUT2D eigenvalue weighted by molar-refractivity contribution is 6.31. The number of carbonyl (C=O) groups is 1. The van der Waals surface area contributed by atoms with Crippen LogP contribution in [0.25, 0.3) is 0 Å². The summed E-state index contributed by atoms with van der Waals surface area (Å²) in [5.74, 6) is -3.94. The van der Waals surface area contributed by atoms with Crippen LogP contribution in [-0.4, -0.2) is 22.1 Å². The third-order valence-electron chi connectivity index (χ3n) is 3.99. The Balaban J connectivity index is 1.96. The number of nitrogens with one attached hydrogen (secondary N) is 3. The first-order chi connectivity index (χ1) is 14.5. The number of hydrogen-bond acceptors (Lipinski definition) is 3. The van der Waals surface area contributed by atoms with Gasteiger partial charge in [-0.3, -0.25) is 15.2 Å². The summed E-state index contributed by atoms with van der Waals surface area (Å²) in [5.41, 5.74) is -1.30. The zero-order chi connectivity index (χ0) is 22.8. The van der Waals surface area contributed by atoms with Gasteiger partial charge >= 0.3 is 6.18 Å². The second kappa shape index (κ2) is 8.72. The van der Waals surface area contributed by atoms with E-state index in [2.05, 4.69) is 20.7 Å². The number of alkyl halides is 3. The van der Waals surface area contributed by atoms with Crippen molar-refractivity contribution in [3.8, 4) is 0 Å². The van der Waals surface area contributed by atoms with Gasteiger partial charge in [-0.1, -0.05) is 17.7 Å². The van der Waals surface area contributed by atoms with Gasteiger partial charge in [0.1, 0.15) is 5.69 Å². The van der Waals surface area contributed by atoms with Gasteiger partial charge in [-0.15, -0.1) is 0 Å². The van der Waals surface area contributed by atoms with Crippen molar-refractivity contribution >= 4 is 35.0 Å². The van der Waals surface area contributed by atoms with E-state index in [1.165, 1.54) is 6.07 Å². The number of carbonyl (C=O) groups excluding carboxylic acids is 1. The van der Waals surface area contributed by atoms with Crippen LogP contribution in [0.1, 0.15) is 21.6 Å². The van der Waals surface area contributed by atoms with E-state index >= 15 is 0 Å². The molecule has 31 heavy (non-hydrogen) atoms. The van der Waals surface area contributed by atoms with Crippen molar-refractivity contribution in [3.05, 3.63) is 75.9 Å². The first kappa shape index (κ1) is 22.2. The Bertz CT molecular complexity index is 1160. The fraction of sp³-hybridized carbons (Fsp3) is 0.105. The molecule has 12 heteroatoms. The lowest BCUT2D eigenvalue weighted by Crippen LogP contribution is -2.36. The fourth-order valence-electron chi connectivity index (χ4n) is 2.49. The third kappa shape index (κ3) is 5.37. The largest absolute Gasteiger partial charge is 0.433 e. The van der Waals surface area contributed by atoms with E-state index in [4.69, 9.17) is 11.6 Å². The van der Waals surface area contributed by atoms with Crippen molar-refractivity contribution in [2.24, 2.45) is 4.99 Å². The molecular weight excluding hydrogens is 445 g/mol. The molecule has 0 radical (unpaired) electrons. The molecule has 3 N–H and O–H groups in total. The summed E-state index contributed by atoms with van der Waals surface area (Å²) in [5, 5.41) is 10.7. The maximum atomic E-state index is 13.4. The van der Waals surface area contributed by atoms with Crippen molar-refractivity contribution in [1.29, 1.82) is 0 Å². The van der Waals surface area contributed by atoms with Crippen molar-refractivity contribution in [2.45, 2.75) is 13.1 Å². The Labute approximate surface area is 177 Å². The maximum absolute atomic E-state index is 13.4. The highest BCUT2D eigenvalue weighted by atomic mass is 35.5. The van der Waals surface area contributed by atoms with E-state index in [1.54, 1.807) is 18.2 Å². The van der Waals surface area contributed by atoms with Gasteiger partial charge in [-0.2, -0.15) is 23.3 Å². The topological polar surface area (TPSA) is 82.2 Å². The van der Waals surface area contributed by atoms with E-state index in [9.17, 15) is 26.7 Å². The number of nitrogens with zero attached hydrogens (tertiary/aromatic N) is 2. The molecule has 0 spiro atoms. The molecule has 0 aliphatic carbocycles. The molecule has 0 fully saturated rings. The monoisotopic (exact) mass is 457 g/mol. The third-order valence-corrected chi connectivity index (χ3v) is 4.22. The minimum absolute atomic E-state index is 0.241. The van der Waals surface area contributed by atoms with E-state index in [1.807, 2.05) is 5.10 Å². The number of aromatic amines is 1. The van der Waals surface area contributed by atoms with Crippen molar-refractivity contribution in [1.82, 2.24) is 15.5 Å². The van der Waals surface area contributed by atoms with Crippen LogP contribution in [0.4, 0.5) is 33.5 Å². The smallest absolute Gasteiger partial charge is 0.326 e. The van der Waals surface area contributed by atoms with Gasteiger partial charge in [0.25, 0.3) is 5.91 Å². The number of aromatic nitrogens is 2. The molecule has 0 bridgehead atoms. The van der Waals surface area contributed by atoms with E-state index in [0.717, 1.165) is 19.1 Å². The maximum Gasteiger partial charge on any atom is 0.433 e. The van der Waals surface area contributed by atoms with E-state index in [-0.39, 0.29) is 22.9 Å². The molecule has 3 rings (SSSR count). The molecule has 1 aromatic heterocycles. The molecule has 0 atom stereocenters. The molecule has 0 aliphatic heterocycles. The van der Waals surface area contributed by atoms with Gasteiger partial charge < -0.3 is 5.32 Å². The van der Waals surface area contributed by atoms with Gasteiger partial charge in [-0.05, 0) is 43.3 Å². The number of halogens is 6. The summed E-state index contributed by atoms with van der Waals surface area (Å²) in [7, 11) is 0. The first-order valence-corrected chi connectivity index (χ1v) is 8.92. The molecule has 0 saturated heterocycles. The number of H-pyrrole nitrogens is 1. The van der Waals surface area contributed by atoms with E-state index < -0.39 is 29.4 Å². The molecule has 3 aromatic rings. The summed E-state index contributed by atoms with van der Waals surface area (Å²) in [6.45, 7) is 1.15. The lowest BCUT2D eigenvalue weighted by molar-refractivity contribution is -0.141. The van der Waals surface area contributed by atoms with Gasteiger partial charge in [-0.25, -0.2) is 8.78 Å². The lowest BCUT2D eigenvalue weighted by Gasteiger charge is -2.12. The summed E-state index contributed by atoms with van der Waals surface area (Å²) in [6.07, 6.45) is -4.68. The second-order valence-corrected chi connectivity index (χ2v) is 6.66. The van der Waals surface area contributed by atoms with Crippen LogP contribution in [0.3, 0.4) is 0 Å². The van der Waals surface area contributed by atoms with Crippen molar-refractivity contribution < 1.29 is 26.7 Å². The summed E-state index contributed by atoms with van der Waals surface area (Å²) in [6, 6.07) is 8.66. The average Bonchev–Trinajstić information content (AvgIpc) is 3.04. The highest BCUT2D eigenvalue weighted by Gasteiger charge is 2.36. The summed E-state index contributed by atoms with van der Waals surface area (Å²) in [4.78, 5) is 16.4. The van der Waals surface area contributed by atoms with Gasteiger partial charge in [0.05, 0.1) is 0 Å². The van der Waals surface area contributed by atoms with Crippen molar-refractivity contribution in [3.63, 3.8) is 0 Å². The minimum atomic E-state index is -4.68. The van der Waals surface area contributed by atoms with Crippen LogP contribution < -0.4 is 10.6 Å². The standard InChI is InChI=1S/C19H13ClF5N5O/c1-9-15(19(23,24)25)29-30-16(9)27-18(26-12-4-2-3-11(20)8-12)28-17(31)10-5-6-13(21)14(22)7-10/h2-8H,1H3,(H3,26,27,28,29,30,31). The van der Waals surface area contributed by atoms with Gasteiger partial charge in [0, 0.05) is 21.8 Å². The Morgan fingerprint density at radius 1 is 1.13 bits per heavy atom. The van der Waals surface area contributed by atoms with Crippen LogP contribution in [0.15, 0.2) is 47.5 Å². The van der Waals surface area contributed by atoms with E-state index in [0.29, 0.717) is 16.8 Å². The van der Waals surface area contributed by atoms with Crippen LogP contribution in [0.2, 0.25) is 5.02 Å². The molecule has 0 unspecified atom stereocenters. The number of guanidine groups is 1. The Morgan fingerprint density at radius 3 is 2.48 bits per heavy atom. The molecule has 162 valence electrons. The average molecular weight is 458 g/mol. The summed E-state index contributed by atoms with van der Waals surface area (Å²) < 4.78 is 65.6. The summed E-state index contributed by atoms with van der Waals surface area (Å²) >= 11 is 5.91. The number of hydrogen-bond donors (Lipinski definition) is 3. The first-order valence-electron chi connectivity index (χ1n) is 8.54. The van der Waals surface area contributed by atoms with Gasteiger partial charge in [0.15, 0.2) is 17.5 Å². The number of amides is 1. The Morgan fingerprint density at radius 2 is 1.87 bits per heavy atom. The minimum Gasteiger partial charge on any atom is -0.326 e. The number of rotatable bonds is 3. The Kier molecular flexibility index (Phi) is 6.25. The molecule has 0 saturated carbocycles. The lowest BCUT2D eigenvalue weighted by atomic mass is 10.2. The molecule has 1 heterocycles. The predicted molar refractivity (Wildman–Crippen MR) is 104 cm³/mol. The highest BCUT2D eigenvalue weighted by Crippen LogP contribution is 2.33. The predicted octanol–water partition coefficient (Wildman–Crippen LogP) is 5.20. The second-order valence-electron chi connectivity index (χ2n) is 6.22. The van der Waals surface area contributed by atoms with Crippen molar-refractivity contribution in [2.75, 3.05) is 5.32 Å². The molecule has 2 aromatic carbocycles. The Hall–Kier alpha value is -3.47. The van der Waals surface area contributed by atoms with Crippen LogP contribution in [0.5, 0.6) is 0 Å². The van der Waals surface area contributed by atoms with Gasteiger partial charge in [0.2, 0.25) is 5.96 Å².